The van der Waals surface area contributed by atoms with Gasteiger partial charge in [-0.1, -0.05) is 6.07 Å². The lowest BCUT2D eigenvalue weighted by Gasteiger charge is -2.32. The smallest absolute Gasteiger partial charge is 0.272 e. The minimum atomic E-state index is -0.151. The van der Waals surface area contributed by atoms with Gasteiger partial charge in [-0.3, -0.25) is 9.59 Å². The number of piperazine rings is 1. The van der Waals surface area contributed by atoms with E-state index in [0.717, 1.165) is 23.5 Å². The third-order valence-electron chi connectivity index (χ3n) is 4.71. The Labute approximate surface area is 162 Å². The van der Waals surface area contributed by atoms with Crippen molar-refractivity contribution < 1.29 is 19.1 Å². The summed E-state index contributed by atoms with van der Waals surface area (Å²) in [6.45, 7) is 4.63. The van der Waals surface area contributed by atoms with Gasteiger partial charge < -0.3 is 24.6 Å². The molecule has 0 aliphatic carbocycles. The van der Waals surface area contributed by atoms with Gasteiger partial charge >= 0.3 is 0 Å². The highest BCUT2D eigenvalue weighted by molar-refractivity contribution is 5.92. The number of nitrogens with one attached hydrogen (secondary N) is 1. The van der Waals surface area contributed by atoms with Crippen molar-refractivity contribution in [2.45, 2.75) is 13.5 Å². The number of nitrogens with zero attached hydrogens (tertiary/aromatic N) is 4. The molecule has 2 aliphatic rings. The Morgan fingerprint density at radius 1 is 1.14 bits per heavy atom. The molecule has 1 aromatic carbocycles. The molecule has 1 aromatic heterocycles. The van der Waals surface area contributed by atoms with E-state index in [2.05, 4.69) is 15.3 Å². The average Bonchev–Trinajstić information content (AvgIpc) is 3.19. The SMILES string of the molecule is Cc1cc(C(=O)N2CCN(C=O)CC2)nc(NCc2ccc3c(c2)OCO3)n1. The van der Waals surface area contributed by atoms with E-state index in [-0.39, 0.29) is 12.7 Å². The van der Waals surface area contributed by atoms with Gasteiger partial charge in [0.2, 0.25) is 19.2 Å². The van der Waals surface area contributed by atoms with Crippen molar-refractivity contribution in [3.63, 3.8) is 0 Å². The van der Waals surface area contributed by atoms with E-state index in [9.17, 15) is 9.59 Å². The highest BCUT2D eigenvalue weighted by atomic mass is 16.7. The van der Waals surface area contributed by atoms with Crippen LogP contribution in [-0.2, 0) is 11.3 Å². The lowest BCUT2D eigenvalue weighted by molar-refractivity contribution is -0.119. The molecular formula is C19H21N5O4. The number of aryl methyl sites for hydroxylation is 1. The number of carbonyl (C=O) groups excluding carboxylic acids is 2. The van der Waals surface area contributed by atoms with Gasteiger partial charge in [0, 0.05) is 38.4 Å². The molecule has 2 aromatic rings. The first-order chi connectivity index (χ1) is 13.6. The average molecular weight is 383 g/mol. The number of carbonyl (C=O) groups is 2. The molecule has 1 fully saturated rings. The van der Waals surface area contributed by atoms with Crippen molar-refractivity contribution in [3.8, 4) is 11.5 Å². The summed E-state index contributed by atoms with van der Waals surface area (Å²) in [5.41, 5.74) is 2.05. The van der Waals surface area contributed by atoms with E-state index in [4.69, 9.17) is 9.47 Å². The Balaban J connectivity index is 1.43. The fourth-order valence-corrected chi connectivity index (χ4v) is 3.18. The predicted octanol–water partition coefficient (Wildman–Crippen LogP) is 1.04. The Kier molecular flexibility index (Phi) is 4.96. The van der Waals surface area contributed by atoms with Crippen molar-refractivity contribution in [2.24, 2.45) is 0 Å². The number of hydrogen-bond donors (Lipinski definition) is 1. The Morgan fingerprint density at radius 2 is 1.93 bits per heavy atom. The van der Waals surface area contributed by atoms with Crippen LogP contribution in [0.3, 0.4) is 0 Å². The van der Waals surface area contributed by atoms with Gasteiger partial charge in [0.1, 0.15) is 5.69 Å². The Morgan fingerprint density at radius 3 is 2.71 bits per heavy atom. The van der Waals surface area contributed by atoms with E-state index >= 15 is 0 Å². The molecule has 3 heterocycles. The number of hydrogen-bond acceptors (Lipinski definition) is 7. The topological polar surface area (TPSA) is 96.9 Å². The molecule has 1 saturated heterocycles. The number of rotatable bonds is 5. The minimum Gasteiger partial charge on any atom is -0.454 e. The fourth-order valence-electron chi connectivity index (χ4n) is 3.18. The van der Waals surface area contributed by atoms with Crippen molar-refractivity contribution in [2.75, 3.05) is 38.3 Å². The highest BCUT2D eigenvalue weighted by Gasteiger charge is 2.23. The molecule has 4 rings (SSSR count). The van der Waals surface area contributed by atoms with Crippen molar-refractivity contribution in [3.05, 3.63) is 41.2 Å². The third kappa shape index (κ3) is 3.83. The van der Waals surface area contributed by atoms with E-state index in [1.807, 2.05) is 25.1 Å². The van der Waals surface area contributed by atoms with Gasteiger partial charge in [-0.25, -0.2) is 9.97 Å². The molecule has 0 atom stereocenters. The molecule has 0 saturated carbocycles. The summed E-state index contributed by atoms with van der Waals surface area (Å²) in [5.74, 6) is 1.70. The number of benzene rings is 1. The van der Waals surface area contributed by atoms with Gasteiger partial charge in [-0.05, 0) is 30.7 Å². The first-order valence-electron chi connectivity index (χ1n) is 9.09. The number of fused-ring (bicyclic) bond motifs is 1. The van der Waals surface area contributed by atoms with Crippen LogP contribution < -0.4 is 14.8 Å². The second kappa shape index (κ2) is 7.71. The zero-order chi connectivity index (χ0) is 19.5. The van der Waals surface area contributed by atoms with Gasteiger partial charge in [-0.15, -0.1) is 0 Å². The summed E-state index contributed by atoms with van der Waals surface area (Å²) >= 11 is 0. The summed E-state index contributed by atoms with van der Waals surface area (Å²) in [6, 6.07) is 7.39. The molecule has 1 N–H and O–H groups in total. The molecule has 9 heteroatoms. The second-order valence-electron chi connectivity index (χ2n) is 6.69. The molecule has 0 spiro atoms. The molecule has 0 bridgehead atoms. The zero-order valence-electron chi connectivity index (χ0n) is 15.6. The Bertz CT molecular complexity index is 896. The molecule has 2 aliphatic heterocycles. The molecule has 2 amide bonds. The van der Waals surface area contributed by atoms with Crippen LogP contribution in [0.1, 0.15) is 21.7 Å². The summed E-state index contributed by atoms with van der Waals surface area (Å²) in [5, 5.41) is 3.16. The molecule has 28 heavy (non-hydrogen) atoms. The minimum absolute atomic E-state index is 0.151. The number of aromatic nitrogens is 2. The first-order valence-corrected chi connectivity index (χ1v) is 9.09. The zero-order valence-corrected chi connectivity index (χ0v) is 15.6. The van der Waals surface area contributed by atoms with Crippen LogP contribution in [0.15, 0.2) is 24.3 Å². The van der Waals surface area contributed by atoms with Crippen LogP contribution in [-0.4, -0.2) is 65.1 Å². The summed E-state index contributed by atoms with van der Waals surface area (Å²) < 4.78 is 10.7. The van der Waals surface area contributed by atoms with Gasteiger partial charge in [0.05, 0.1) is 0 Å². The van der Waals surface area contributed by atoms with Gasteiger partial charge in [0.15, 0.2) is 11.5 Å². The molecule has 146 valence electrons. The third-order valence-corrected chi connectivity index (χ3v) is 4.71. The maximum absolute atomic E-state index is 12.8. The van der Waals surface area contributed by atoms with Crippen LogP contribution in [0, 0.1) is 6.92 Å². The lowest BCUT2D eigenvalue weighted by atomic mass is 10.2. The van der Waals surface area contributed by atoms with Crippen LogP contribution >= 0.6 is 0 Å². The number of amides is 2. The van der Waals surface area contributed by atoms with Crippen molar-refractivity contribution in [1.29, 1.82) is 0 Å². The highest BCUT2D eigenvalue weighted by Crippen LogP contribution is 2.32. The standard InChI is InChI=1S/C19H21N5O4/c1-13-8-15(18(26)24-6-4-23(11-25)5-7-24)22-19(21-13)20-10-14-2-3-16-17(9-14)28-12-27-16/h2-3,8-9,11H,4-7,10,12H2,1H3,(H,20,21,22). The van der Waals surface area contributed by atoms with Crippen molar-refractivity contribution >= 4 is 18.3 Å². The van der Waals surface area contributed by atoms with Gasteiger partial charge in [0.25, 0.3) is 5.91 Å². The predicted molar refractivity (Wildman–Crippen MR) is 100 cm³/mol. The van der Waals surface area contributed by atoms with Crippen molar-refractivity contribution in [1.82, 2.24) is 19.8 Å². The molecular weight excluding hydrogens is 362 g/mol. The van der Waals surface area contributed by atoms with Crippen LogP contribution in [0.4, 0.5) is 5.95 Å². The lowest BCUT2D eigenvalue weighted by Crippen LogP contribution is -2.48. The maximum Gasteiger partial charge on any atom is 0.272 e. The monoisotopic (exact) mass is 383 g/mol. The van der Waals surface area contributed by atoms with Crippen LogP contribution in [0.5, 0.6) is 11.5 Å². The Hall–Kier alpha value is -3.36. The maximum atomic E-state index is 12.8. The fraction of sp³-hybridized carbons (Fsp3) is 0.368. The molecule has 0 unspecified atom stereocenters. The second-order valence-corrected chi connectivity index (χ2v) is 6.69. The number of ether oxygens (including phenoxy) is 2. The normalized spacial score (nSPS) is 15.5. The molecule has 0 radical (unpaired) electrons. The summed E-state index contributed by atoms with van der Waals surface area (Å²) in [4.78, 5) is 35.7. The number of anilines is 1. The van der Waals surface area contributed by atoms with E-state index in [1.165, 1.54) is 0 Å². The van der Waals surface area contributed by atoms with Crippen LogP contribution in [0.2, 0.25) is 0 Å². The largest absolute Gasteiger partial charge is 0.454 e. The van der Waals surface area contributed by atoms with Gasteiger partial charge in [-0.2, -0.15) is 0 Å². The quantitative estimate of drug-likeness (QED) is 0.771. The first kappa shape index (κ1) is 18.0. The molecule has 9 nitrogen and oxygen atoms in total. The summed E-state index contributed by atoms with van der Waals surface area (Å²) in [6.07, 6.45) is 0.814. The van der Waals surface area contributed by atoms with E-state index in [0.29, 0.717) is 50.1 Å². The van der Waals surface area contributed by atoms with Crippen LogP contribution in [0.25, 0.3) is 0 Å². The van der Waals surface area contributed by atoms with E-state index < -0.39 is 0 Å². The summed E-state index contributed by atoms with van der Waals surface area (Å²) in [7, 11) is 0. The van der Waals surface area contributed by atoms with E-state index in [1.54, 1.807) is 15.9 Å².